The lowest BCUT2D eigenvalue weighted by molar-refractivity contribution is 0.0970. The van der Waals surface area contributed by atoms with E-state index in [1.807, 2.05) is 14.0 Å². The molecule has 13 heavy (non-hydrogen) atoms. The molecule has 1 N–H and O–H groups in total. The molecule has 0 bridgehead atoms. The number of carbonyl (C=O) groups is 1. The molecule has 4 heteroatoms. The van der Waals surface area contributed by atoms with E-state index in [9.17, 15) is 4.79 Å². The van der Waals surface area contributed by atoms with Gasteiger partial charge in [0.15, 0.2) is 11.6 Å². The van der Waals surface area contributed by atoms with Gasteiger partial charge in [0.2, 0.25) is 0 Å². The molecule has 0 spiro atoms. The van der Waals surface area contributed by atoms with Crippen LogP contribution in [0.4, 0.5) is 0 Å². The summed E-state index contributed by atoms with van der Waals surface area (Å²) in [5.74, 6) is 0.631. The number of aromatic nitrogens is 2. The van der Waals surface area contributed by atoms with Crippen LogP contribution in [0.15, 0.2) is 12.4 Å². The Morgan fingerprint density at radius 2 is 2.46 bits per heavy atom. The average Bonchev–Trinajstić information content (AvgIpc) is 2.52. The predicted octanol–water partition coefficient (Wildman–Crippen LogP) is 0.602. The van der Waals surface area contributed by atoms with Gasteiger partial charge in [0.05, 0.1) is 0 Å². The highest BCUT2D eigenvalue weighted by Crippen LogP contribution is 1.98. The summed E-state index contributed by atoms with van der Waals surface area (Å²) in [7, 11) is 1.83. The van der Waals surface area contributed by atoms with E-state index in [1.54, 1.807) is 17.0 Å². The van der Waals surface area contributed by atoms with Gasteiger partial charge >= 0.3 is 0 Å². The molecule has 1 aromatic rings. The van der Waals surface area contributed by atoms with Crippen molar-refractivity contribution >= 4 is 5.78 Å². The average molecular weight is 181 g/mol. The Balaban J connectivity index is 2.45. The van der Waals surface area contributed by atoms with E-state index in [0.717, 1.165) is 13.1 Å². The zero-order valence-corrected chi connectivity index (χ0v) is 8.08. The van der Waals surface area contributed by atoms with Crippen molar-refractivity contribution in [3.63, 3.8) is 0 Å². The molecular formula is C9H15N3O. The number of aryl methyl sites for hydroxylation is 1. The van der Waals surface area contributed by atoms with E-state index in [1.165, 1.54) is 0 Å². The first-order chi connectivity index (χ1) is 6.25. The number of ketones is 1. The molecule has 0 fully saturated rings. The van der Waals surface area contributed by atoms with Gasteiger partial charge in [0.1, 0.15) is 0 Å². The molecule has 0 aromatic carbocycles. The Bertz CT molecular complexity index is 280. The van der Waals surface area contributed by atoms with Crippen molar-refractivity contribution in [1.82, 2.24) is 14.9 Å². The molecule has 0 saturated carbocycles. The fourth-order valence-electron chi connectivity index (χ4n) is 1.12. The van der Waals surface area contributed by atoms with Gasteiger partial charge in [-0.1, -0.05) is 6.92 Å². The Labute approximate surface area is 78.0 Å². The summed E-state index contributed by atoms with van der Waals surface area (Å²) in [4.78, 5) is 15.5. The van der Waals surface area contributed by atoms with Crippen LogP contribution in [0.1, 0.15) is 24.0 Å². The third-order valence-electron chi connectivity index (χ3n) is 1.85. The monoisotopic (exact) mass is 181 g/mol. The lowest BCUT2D eigenvalue weighted by atomic mass is 10.2. The molecule has 0 radical (unpaired) electrons. The van der Waals surface area contributed by atoms with Crippen LogP contribution < -0.4 is 5.32 Å². The van der Waals surface area contributed by atoms with E-state index >= 15 is 0 Å². The molecule has 0 saturated heterocycles. The van der Waals surface area contributed by atoms with Crippen molar-refractivity contribution < 1.29 is 4.79 Å². The number of Topliss-reactive ketones (excluding diaryl/α,β-unsaturated/α-hetero) is 1. The van der Waals surface area contributed by atoms with Crippen molar-refractivity contribution in [3.05, 3.63) is 18.2 Å². The molecule has 1 aromatic heterocycles. The zero-order valence-electron chi connectivity index (χ0n) is 8.08. The first-order valence-electron chi connectivity index (χ1n) is 4.47. The van der Waals surface area contributed by atoms with E-state index in [2.05, 4.69) is 10.3 Å². The van der Waals surface area contributed by atoms with Gasteiger partial charge in [-0.3, -0.25) is 4.79 Å². The van der Waals surface area contributed by atoms with Gasteiger partial charge in [0.25, 0.3) is 0 Å². The molecule has 0 aliphatic rings. The number of hydrogen-bond donors (Lipinski definition) is 1. The number of rotatable bonds is 5. The van der Waals surface area contributed by atoms with Gasteiger partial charge in [0, 0.05) is 32.4 Å². The van der Waals surface area contributed by atoms with Crippen LogP contribution in [-0.2, 0) is 7.05 Å². The summed E-state index contributed by atoms with van der Waals surface area (Å²) in [6.45, 7) is 3.64. The largest absolute Gasteiger partial charge is 0.332 e. The van der Waals surface area contributed by atoms with Crippen molar-refractivity contribution in [1.29, 1.82) is 0 Å². The van der Waals surface area contributed by atoms with E-state index < -0.39 is 0 Å². The third-order valence-corrected chi connectivity index (χ3v) is 1.85. The van der Waals surface area contributed by atoms with Crippen molar-refractivity contribution in [2.24, 2.45) is 7.05 Å². The minimum Gasteiger partial charge on any atom is -0.332 e. The maximum Gasteiger partial charge on any atom is 0.199 e. The van der Waals surface area contributed by atoms with E-state index in [-0.39, 0.29) is 5.78 Å². The zero-order chi connectivity index (χ0) is 9.68. The van der Waals surface area contributed by atoms with Crippen LogP contribution in [0.3, 0.4) is 0 Å². The number of nitrogens with zero attached hydrogens (tertiary/aromatic N) is 2. The summed E-state index contributed by atoms with van der Waals surface area (Å²) in [5, 5.41) is 3.10. The summed E-state index contributed by atoms with van der Waals surface area (Å²) >= 11 is 0. The Morgan fingerprint density at radius 3 is 3.00 bits per heavy atom. The highest BCUT2D eigenvalue weighted by Gasteiger charge is 2.09. The van der Waals surface area contributed by atoms with Crippen LogP contribution in [0.2, 0.25) is 0 Å². The predicted molar refractivity (Wildman–Crippen MR) is 50.7 cm³/mol. The topological polar surface area (TPSA) is 46.9 Å². The standard InChI is InChI=1S/C9H15N3O/c1-3-10-5-4-8(13)9-11-6-7-12(9)2/h6-7,10H,3-5H2,1-2H3. The van der Waals surface area contributed by atoms with Gasteiger partial charge in [-0.25, -0.2) is 4.98 Å². The minimum absolute atomic E-state index is 0.0912. The van der Waals surface area contributed by atoms with E-state index in [0.29, 0.717) is 12.2 Å². The van der Waals surface area contributed by atoms with Gasteiger partial charge < -0.3 is 9.88 Å². The first kappa shape index (κ1) is 9.92. The Kier molecular flexibility index (Phi) is 3.64. The number of hydrogen-bond acceptors (Lipinski definition) is 3. The van der Waals surface area contributed by atoms with Crippen molar-refractivity contribution in [2.75, 3.05) is 13.1 Å². The molecule has 1 heterocycles. The fourth-order valence-corrected chi connectivity index (χ4v) is 1.12. The van der Waals surface area contributed by atoms with Crippen molar-refractivity contribution in [3.8, 4) is 0 Å². The second-order valence-electron chi connectivity index (χ2n) is 2.89. The summed E-state index contributed by atoms with van der Waals surface area (Å²) < 4.78 is 1.74. The van der Waals surface area contributed by atoms with Crippen LogP contribution in [0, 0.1) is 0 Å². The van der Waals surface area contributed by atoms with E-state index in [4.69, 9.17) is 0 Å². The highest BCUT2D eigenvalue weighted by molar-refractivity contribution is 5.92. The molecule has 72 valence electrons. The van der Waals surface area contributed by atoms with Gasteiger partial charge in [-0.05, 0) is 6.54 Å². The van der Waals surface area contributed by atoms with Gasteiger partial charge in [-0.15, -0.1) is 0 Å². The number of carbonyl (C=O) groups excluding carboxylic acids is 1. The molecular weight excluding hydrogens is 166 g/mol. The second-order valence-corrected chi connectivity index (χ2v) is 2.89. The van der Waals surface area contributed by atoms with Crippen LogP contribution in [0.25, 0.3) is 0 Å². The Morgan fingerprint density at radius 1 is 1.69 bits per heavy atom. The first-order valence-corrected chi connectivity index (χ1v) is 4.47. The molecule has 4 nitrogen and oxygen atoms in total. The van der Waals surface area contributed by atoms with Crippen LogP contribution in [0.5, 0.6) is 0 Å². The smallest absolute Gasteiger partial charge is 0.199 e. The summed E-state index contributed by atoms with van der Waals surface area (Å²) in [6, 6.07) is 0. The molecule has 0 aliphatic carbocycles. The van der Waals surface area contributed by atoms with Crippen molar-refractivity contribution in [2.45, 2.75) is 13.3 Å². The quantitative estimate of drug-likeness (QED) is 0.534. The lowest BCUT2D eigenvalue weighted by Crippen LogP contribution is -2.19. The summed E-state index contributed by atoms with van der Waals surface area (Å²) in [5.41, 5.74) is 0. The Hall–Kier alpha value is -1.16. The SMILES string of the molecule is CCNCCC(=O)c1nccn1C. The maximum atomic E-state index is 11.5. The molecule has 1 rings (SSSR count). The van der Waals surface area contributed by atoms with Crippen LogP contribution >= 0.6 is 0 Å². The number of nitrogens with one attached hydrogen (secondary N) is 1. The van der Waals surface area contributed by atoms with Gasteiger partial charge in [-0.2, -0.15) is 0 Å². The fraction of sp³-hybridized carbons (Fsp3) is 0.556. The molecule has 0 aliphatic heterocycles. The summed E-state index contributed by atoms with van der Waals surface area (Å²) in [6.07, 6.45) is 3.93. The minimum atomic E-state index is 0.0912. The molecule has 0 atom stereocenters. The molecule has 0 amide bonds. The lowest BCUT2D eigenvalue weighted by Gasteiger charge is -2.01. The maximum absolute atomic E-state index is 11.5. The molecule has 0 unspecified atom stereocenters. The third kappa shape index (κ3) is 2.66. The number of imidazole rings is 1. The van der Waals surface area contributed by atoms with Crippen LogP contribution in [-0.4, -0.2) is 28.4 Å². The second kappa shape index (κ2) is 4.77. The normalized spacial score (nSPS) is 10.3. The highest BCUT2D eigenvalue weighted by atomic mass is 16.1.